The molecule has 0 amide bonds. The van der Waals surface area contributed by atoms with E-state index in [0.717, 1.165) is 74.3 Å². The Hall–Kier alpha value is -1.28. The summed E-state index contributed by atoms with van der Waals surface area (Å²) in [4.78, 5) is 4.60. The van der Waals surface area contributed by atoms with E-state index in [1.165, 1.54) is 12.8 Å². The van der Waals surface area contributed by atoms with E-state index >= 15 is 0 Å². The number of aliphatic imine (C=N–C) groups is 1. The van der Waals surface area contributed by atoms with Crippen LogP contribution >= 0.6 is 24.0 Å². The Morgan fingerprint density at radius 1 is 1.27 bits per heavy atom. The number of nitrogens with zero attached hydrogens (tertiary/aromatic N) is 1. The smallest absolute Gasteiger partial charge is 0.191 e. The highest BCUT2D eigenvalue weighted by molar-refractivity contribution is 14.0. The van der Waals surface area contributed by atoms with E-state index in [1.54, 1.807) is 0 Å². The first kappa shape index (κ1) is 21.0. The highest BCUT2D eigenvalue weighted by Crippen LogP contribution is 2.28. The van der Waals surface area contributed by atoms with E-state index in [9.17, 15) is 0 Å². The SMILES string of the molecule is CCNC(=NCCCOCC1CC1)NCCc1cc2ccccc2o1.I. The van der Waals surface area contributed by atoms with Gasteiger partial charge in [0, 0.05) is 44.7 Å². The molecule has 26 heavy (non-hydrogen) atoms. The number of nitrogens with one attached hydrogen (secondary N) is 2. The Bertz CT molecular complexity index is 650. The van der Waals surface area contributed by atoms with Crippen LogP contribution in [0, 0.1) is 5.92 Å². The van der Waals surface area contributed by atoms with Gasteiger partial charge in [-0.05, 0) is 44.2 Å². The molecule has 1 saturated carbocycles. The zero-order valence-electron chi connectivity index (χ0n) is 15.5. The van der Waals surface area contributed by atoms with Gasteiger partial charge >= 0.3 is 0 Å². The van der Waals surface area contributed by atoms with Crippen molar-refractivity contribution in [3.63, 3.8) is 0 Å². The van der Waals surface area contributed by atoms with E-state index in [0.29, 0.717) is 0 Å². The number of furan rings is 1. The molecule has 2 aromatic rings. The van der Waals surface area contributed by atoms with Gasteiger partial charge in [-0.3, -0.25) is 4.99 Å². The second kappa shape index (κ2) is 11.4. The van der Waals surface area contributed by atoms with Gasteiger partial charge < -0.3 is 19.8 Å². The first-order valence-corrected chi connectivity index (χ1v) is 9.42. The second-order valence-electron chi connectivity index (χ2n) is 6.56. The van der Waals surface area contributed by atoms with Crippen molar-refractivity contribution in [3.05, 3.63) is 36.1 Å². The van der Waals surface area contributed by atoms with E-state index in [-0.39, 0.29) is 24.0 Å². The van der Waals surface area contributed by atoms with E-state index < -0.39 is 0 Å². The molecule has 0 spiro atoms. The van der Waals surface area contributed by atoms with Crippen molar-refractivity contribution in [2.75, 3.05) is 32.8 Å². The van der Waals surface area contributed by atoms with Crippen molar-refractivity contribution in [1.82, 2.24) is 10.6 Å². The van der Waals surface area contributed by atoms with Crippen molar-refractivity contribution in [2.24, 2.45) is 10.9 Å². The standard InChI is InChI=1S/C20H29N3O2.HI/c1-2-21-20(22-11-5-13-24-15-16-8-9-16)23-12-10-18-14-17-6-3-4-7-19(17)25-18;/h3-4,6-7,14,16H,2,5,8-13,15H2,1H3,(H2,21,22,23);1H. The molecule has 3 rings (SSSR count). The summed E-state index contributed by atoms with van der Waals surface area (Å²) in [6.45, 7) is 6.25. The molecule has 0 saturated heterocycles. The molecule has 0 atom stereocenters. The maximum atomic E-state index is 5.84. The summed E-state index contributed by atoms with van der Waals surface area (Å²) in [5, 5.41) is 7.81. The molecule has 1 aromatic heterocycles. The molecule has 5 nitrogen and oxygen atoms in total. The first-order valence-electron chi connectivity index (χ1n) is 9.42. The largest absolute Gasteiger partial charge is 0.461 e. The van der Waals surface area contributed by atoms with Gasteiger partial charge in [0.25, 0.3) is 0 Å². The Morgan fingerprint density at radius 2 is 2.12 bits per heavy atom. The molecule has 6 heteroatoms. The van der Waals surface area contributed by atoms with Crippen molar-refractivity contribution in [1.29, 1.82) is 0 Å². The summed E-state index contributed by atoms with van der Waals surface area (Å²) < 4.78 is 11.5. The summed E-state index contributed by atoms with van der Waals surface area (Å²) in [6, 6.07) is 10.2. The number of rotatable bonds is 10. The van der Waals surface area contributed by atoms with Crippen LogP contribution in [0.3, 0.4) is 0 Å². The second-order valence-corrected chi connectivity index (χ2v) is 6.56. The molecular weight excluding hydrogens is 441 g/mol. The van der Waals surface area contributed by atoms with Gasteiger partial charge in [-0.1, -0.05) is 18.2 Å². The maximum absolute atomic E-state index is 5.84. The lowest BCUT2D eigenvalue weighted by molar-refractivity contribution is 0.123. The van der Waals surface area contributed by atoms with Gasteiger partial charge in [0.2, 0.25) is 0 Å². The van der Waals surface area contributed by atoms with E-state index in [4.69, 9.17) is 9.15 Å². The lowest BCUT2D eigenvalue weighted by Gasteiger charge is -2.10. The topological polar surface area (TPSA) is 58.8 Å². The van der Waals surface area contributed by atoms with Crippen LogP contribution in [-0.2, 0) is 11.2 Å². The molecule has 0 bridgehead atoms. The lowest BCUT2D eigenvalue weighted by Crippen LogP contribution is -2.38. The molecule has 1 aliphatic rings. The molecular formula is C20H30IN3O2. The van der Waals surface area contributed by atoms with Gasteiger partial charge in [-0.25, -0.2) is 0 Å². The number of para-hydroxylation sites is 1. The molecule has 144 valence electrons. The monoisotopic (exact) mass is 471 g/mol. The van der Waals surface area contributed by atoms with Crippen LogP contribution < -0.4 is 10.6 Å². The van der Waals surface area contributed by atoms with Gasteiger partial charge in [0.05, 0.1) is 0 Å². The lowest BCUT2D eigenvalue weighted by atomic mass is 10.2. The Balaban J connectivity index is 0.00000243. The van der Waals surface area contributed by atoms with Crippen molar-refractivity contribution >= 4 is 40.9 Å². The average Bonchev–Trinajstić information content (AvgIpc) is 3.35. The first-order chi connectivity index (χ1) is 12.3. The number of fused-ring (bicyclic) bond motifs is 1. The number of hydrogen-bond donors (Lipinski definition) is 2. The van der Waals surface area contributed by atoms with Crippen LogP contribution in [0.1, 0.15) is 31.9 Å². The van der Waals surface area contributed by atoms with Crippen LogP contribution in [0.4, 0.5) is 0 Å². The number of halogens is 1. The zero-order valence-corrected chi connectivity index (χ0v) is 17.8. The van der Waals surface area contributed by atoms with Crippen molar-refractivity contribution < 1.29 is 9.15 Å². The van der Waals surface area contributed by atoms with Gasteiger partial charge in [0.1, 0.15) is 11.3 Å². The molecule has 0 unspecified atom stereocenters. The fourth-order valence-electron chi connectivity index (χ4n) is 2.70. The predicted octanol–water partition coefficient (Wildman–Crippen LogP) is 3.97. The van der Waals surface area contributed by atoms with Crippen LogP contribution in [0.2, 0.25) is 0 Å². The highest BCUT2D eigenvalue weighted by Gasteiger charge is 2.20. The number of hydrogen-bond acceptors (Lipinski definition) is 3. The fraction of sp³-hybridized carbons (Fsp3) is 0.550. The van der Waals surface area contributed by atoms with Crippen molar-refractivity contribution in [3.8, 4) is 0 Å². The number of benzene rings is 1. The van der Waals surface area contributed by atoms with Gasteiger partial charge in [-0.15, -0.1) is 24.0 Å². The third-order valence-electron chi connectivity index (χ3n) is 4.25. The Morgan fingerprint density at radius 3 is 2.88 bits per heavy atom. The summed E-state index contributed by atoms with van der Waals surface area (Å²) >= 11 is 0. The molecule has 2 N–H and O–H groups in total. The minimum atomic E-state index is 0. The van der Waals surface area contributed by atoms with E-state index in [1.807, 2.05) is 18.2 Å². The van der Waals surface area contributed by atoms with Crippen molar-refractivity contribution in [2.45, 2.75) is 32.6 Å². The van der Waals surface area contributed by atoms with Crippen LogP contribution in [0.15, 0.2) is 39.7 Å². The number of guanidine groups is 1. The summed E-state index contributed by atoms with van der Waals surface area (Å²) in [7, 11) is 0. The number of ether oxygens (including phenoxy) is 1. The molecule has 1 fully saturated rings. The zero-order chi connectivity index (χ0) is 17.3. The van der Waals surface area contributed by atoms with Crippen LogP contribution in [0.5, 0.6) is 0 Å². The van der Waals surface area contributed by atoms with E-state index in [2.05, 4.69) is 34.7 Å². The Kier molecular flexibility index (Phi) is 9.25. The van der Waals surface area contributed by atoms with Gasteiger partial charge in [0.15, 0.2) is 5.96 Å². The summed E-state index contributed by atoms with van der Waals surface area (Å²) in [6.07, 6.45) is 4.49. The normalized spacial score (nSPS) is 14.3. The third kappa shape index (κ3) is 7.15. The molecule has 0 radical (unpaired) electrons. The summed E-state index contributed by atoms with van der Waals surface area (Å²) in [5.74, 6) is 2.69. The van der Waals surface area contributed by atoms with Crippen LogP contribution in [-0.4, -0.2) is 38.8 Å². The molecule has 0 aliphatic heterocycles. The maximum Gasteiger partial charge on any atom is 0.191 e. The average molecular weight is 471 g/mol. The van der Waals surface area contributed by atoms with Gasteiger partial charge in [-0.2, -0.15) is 0 Å². The quantitative estimate of drug-likeness (QED) is 0.238. The Labute approximate surface area is 173 Å². The predicted molar refractivity (Wildman–Crippen MR) is 117 cm³/mol. The molecule has 1 heterocycles. The highest BCUT2D eigenvalue weighted by atomic mass is 127. The molecule has 1 aliphatic carbocycles. The minimum Gasteiger partial charge on any atom is -0.461 e. The third-order valence-corrected chi connectivity index (χ3v) is 4.25. The minimum absolute atomic E-state index is 0. The summed E-state index contributed by atoms with van der Waals surface area (Å²) in [5.41, 5.74) is 0.948. The molecule has 1 aromatic carbocycles. The fourth-order valence-corrected chi connectivity index (χ4v) is 2.70. The van der Waals surface area contributed by atoms with Crippen LogP contribution in [0.25, 0.3) is 11.0 Å².